The molecule has 4 nitrogen and oxygen atoms in total. The number of alkyl halides is 2. The molecule has 0 saturated heterocycles. The summed E-state index contributed by atoms with van der Waals surface area (Å²) in [6.07, 6.45) is 0.644. The van der Waals surface area contributed by atoms with Crippen molar-refractivity contribution in [3.63, 3.8) is 0 Å². The first kappa shape index (κ1) is 14.5. The molecule has 0 spiro atoms. The summed E-state index contributed by atoms with van der Waals surface area (Å²) in [5.41, 5.74) is 0. The number of amides is 2. The first-order chi connectivity index (χ1) is 6.99. The van der Waals surface area contributed by atoms with Crippen LogP contribution in [0.25, 0.3) is 0 Å². The Morgan fingerprint density at radius 1 is 1.00 bits per heavy atom. The molecule has 0 rings (SSSR count). The highest BCUT2D eigenvalue weighted by Gasteiger charge is 2.12. The topological polar surface area (TPSA) is 58.2 Å². The lowest BCUT2D eigenvalue weighted by atomic mass is 10.1. The highest BCUT2D eigenvalue weighted by atomic mass is 35.5. The Morgan fingerprint density at radius 3 is 1.60 bits per heavy atom. The first-order valence-corrected chi connectivity index (χ1v) is 5.77. The molecule has 0 unspecified atom stereocenters. The molecule has 15 heavy (non-hydrogen) atoms. The van der Waals surface area contributed by atoms with E-state index in [1.54, 1.807) is 0 Å². The van der Waals surface area contributed by atoms with Gasteiger partial charge in [0.25, 0.3) is 0 Å². The number of rotatable bonds is 6. The van der Waals surface area contributed by atoms with Gasteiger partial charge >= 0.3 is 0 Å². The number of hydrogen-bond donors (Lipinski definition) is 2. The molecule has 0 saturated carbocycles. The van der Waals surface area contributed by atoms with Crippen molar-refractivity contribution >= 4 is 35.0 Å². The van der Waals surface area contributed by atoms with Gasteiger partial charge in [-0.3, -0.25) is 9.59 Å². The van der Waals surface area contributed by atoms with Gasteiger partial charge in [0.1, 0.15) is 11.8 Å². The minimum absolute atomic E-state index is 0.0260. The van der Waals surface area contributed by atoms with Crippen molar-refractivity contribution in [1.29, 1.82) is 0 Å². The van der Waals surface area contributed by atoms with Gasteiger partial charge < -0.3 is 10.6 Å². The molecule has 88 valence electrons. The fourth-order valence-electron chi connectivity index (χ4n) is 1.27. The van der Waals surface area contributed by atoms with E-state index in [4.69, 9.17) is 23.2 Å². The maximum absolute atomic E-state index is 10.9. The van der Waals surface area contributed by atoms with Crippen LogP contribution < -0.4 is 10.6 Å². The van der Waals surface area contributed by atoms with Gasteiger partial charge in [0.15, 0.2) is 0 Å². The second-order valence-electron chi connectivity index (χ2n) is 3.44. The largest absolute Gasteiger partial charge is 0.353 e. The predicted molar refractivity (Wildman–Crippen MR) is 61.3 cm³/mol. The number of nitrogens with one attached hydrogen (secondary N) is 2. The molecule has 0 aliphatic rings. The van der Waals surface area contributed by atoms with Crippen LogP contribution in [0, 0.1) is 0 Å². The highest BCUT2D eigenvalue weighted by Crippen LogP contribution is 1.97. The Morgan fingerprint density at radius 2 is 1.33 bits per heavy atom. The van der Waals surface area contributed by atoms with Crippen LogP contribution in [-0.4, -0.2) is 35.7 Å². The van der Waals surface area contributed by atoms with Crippen molar-refractivity contribution in [2.24, 2.45) is 0 Å². The third-order valence-electron chi connectivity index (χ3n) is 1.76. The van der Waals surface area contributed by atoms with Gasteiger partial charge in [-0.15, -0.1) is 23.2 Å². The highest BCUT2D eigenvalue weighted by molar-refractivity contribution is 6.27. The standard InChI is InChI=1S/C9H16Cl2N2O2/c1-6(12-8(14)4-10)3-7(2)13-9(15)5-11/h6-7H,3-5H2,1-2H3,(H,12,14)(H,13,15)/t6-,7+. The molecule has 0 aromatic rings. The quantitative estimate of drug-likeness (QED) is 0.692. The maximum atomic E-state index is 10.9. The van der Waals surface area contributed by atoms with Gasteiger partial charge in [0.2, 0.25) is 11.8 Å². The van der Waals surface area contributed by atoms with E-state index in [-0.39, 0.29) is 35.7 Å². The molecule has 6 heteroatoms. The lowest BCUT2D eigenvalue weighted by molar-refractivity contribution is -0.119. The Bertz CT molecular complexity index is 202. The Balaban J connectivity index is 3.80. The zero-order valence-corrected chi connectivity index (χ0v) is 10.4. The molecule has 0 aromatic heterocycles. The van der Waals surface area contributed by atoms with Crippen LogP contribution in [-0.2, 0) is 9.59 Å². The Labute approximate surface area is 99.7 Å². The monoisotopic (exact) mass is 254 g/mol. The zero-order chi connectivity index (χ0) is 11.8. The molecule has 0 radical (unpaired) electrons. The Kier molecular flexibility index (Phi) is 7.52. The minimum Gasteiger partial charge on any atom is -0.353 e. The van der Waals surface area contributed by atoms with E-state index in [0.717, 1.165) is 0 Å². The van der Waals surface area contributed by atoms with Gasteiger partial charge in [-0.05, 0) is 20.3 Å². The van der Waals surface area contributed by atoms with Crippen LogP contribution in [0.1, 0.15) is 20.3 Å². The summed E-state index contributed by atoms with van der Waals surface area (Å²) >= 11 is 10.7. The number of carbonyl (C=O) groups excluding carboxylic acids is 2. The van der Waals surface area contributed by atoms with Crippen molar-refractivity contribution in [2.75, 3.05) is 11.8 Å². The maximum Gasteiger partial charge on any atom is 0.235 e. The molecule has 0 aliphatic carbocycles. The molecule has 2 amide bonds. The van der Waals surface area contributed by atoms with Crippen LogP contribution in [0.4, 0.5) is 0 Å². The van der Waals surface area contributed by atoms with Gasteiger partial charge in [0, 0.05) is 12.1 Å². The second kappa shape index (κ2) is 7.77. The fourth-order valence-corrected chi connectivity index (χ4v) is 1.43. The normalized spacial score (nSPS) is 14.1. The smallest absolute Gasteiger partial charge is 0.235 e. The summed E-state index contributed by atoms with van der Waals surface area (Å²) in [6.45, 7) is 3.71. The number of carbonyl (C=O) groups is 2. The summed E-state index contributed by atoms with van der Waals surface area (Å²) < 4.78 is 0. The summed E-state index contributed by atoms with van der Waals surface area (Å²) in [4.78, 5) is 21.9. The van der Waals surface area contributed by atoms with Gasteiger partial charge in [0.05, 0.1) is 0 Å². The van der Waals surface area contributed by atoms with E-state index in [2.05, 4.69) is 10.6 Å². The molecule has 0 bridgehead atoms. The number of hydrogen-bond acceptors (Lipinski definition) is 2. The van der Waals surface area contributed by atoms with E-state index in [1.165, 1.54) is 0 Å². The van der Waals surface area contributed by atoms with Crippen molar-refractivity contribution in [3.05, 3.63) is 0 Å². The van der Waals surface area contributed by atoms with Crippen molar-refractivity contribution in [1.82, 2.24) is 10.6 Å². The van der Waals surface area contributed by atoms with Crippen molar-refractivity contribution < 1.29 is 9.59 Å². The van der Waals surface area contributed by atoms with Gasteiger partial charge in [-0.2, -0.15) is 0 Å². The molecular weight excluding hydrogens is 239 g/mol. The van der Waals surface area contributed by atoms with E-state index >= 15 is 0 Å². The van der Waals surface area contributed by atoms with E-state index in [1.807, 2.05) is 13.8 Å². The van der Waals surface area contributed by atoms with Crippen molar-refractivity contribution in [2.45, 2.75) is 32.4 Å². The predicted octanol–water partition coefficient (Wildman–Crippen LogP) is 0.863. The van der Waals surface area contributed by atoms with Gasteiger partial charge in [-0.1, -0.05) is 0 Å². The summed E-state index contributed by atoms with van der Waals surface area (Å²) in [5, 5.41) is 5.39. The first-order valence-electron chi connectivity index (χ1n) is 4.70. The molecule has 0 heterocycles. The summed E-state index contributed by atoms with van der Waals surface area (Å²) in [5.74, 6) is -0.514. The Hall–Kier alpha value is -0.480. The number of halogens is 2. The zero-order valence-electron chi connectivity index (χ0n) is 8.85. The summed E-state index contributed by atoms with van der Waals surface area (Å²) in [7, 11) is 0. The molecule has 2 atom stereocenters. The van der Waals surface area contributed by atoms with Crippen LogP contribution in [0.3, 0.4) is 0 Å². The average molecular weight is 255 g/mol. The second-order valence-corrected chi connectivity index (χ2v) is 3.97. The molecular formula is C9H16Cl2N2O2. The average Bonchev–Trinajstić information content (AvgIpc) is 2.16. The lowest BCUT2D eigenvalue weighted by Crippen LogP contribution is -2.41. The van der Waals surface area contributed by atoms with Crippen LogP contribution >= 0.6 is 23.2 Å². The van der Waals surface area contributed by atoms with E-state index in [0.29, 0.717) is 6.42 Å². The fraction of sp³-hybridized carbons (Fsp3) is 0.778. The molecule has 0 aliphatic heterocycles. The van der Waals surface area contributed by atoms with E-state index < -0.39 is 0 Å². The van der Waals surface area contributed by atoms with Crippen LogP contribution in [0.5, 0.6) is 0 Å². The van der Waals surface area contributed by atoms with Crippen molar-refractivity contribution in [3.8, 4) is 0 Å². The van der Waals surface area contributed by atoms with Crippen LogP contribution in [0.15, 0.2) is 0 Å². The summed E-state index contributed by atoms with van der Waals surface area (Å²) in [6, 6.07) is -0.0521. The SMILES string of the molecule is C[C@H](C[C@H](C)NC(=O)CCl)NC(=O)CCl. The third kappa shape index (κ3) is 7.45. The molecule has 0 aromatic carbocycles. The van der Waals surface area contributed by atoms with Crippen LogP contribution in [0.2, 0.25) is 0 Å². The van der Waals surface area contributed by atoms with E-state index in [9.17, 15) is 9.59 Å². The van der Waals surface area contributed by atoms with Gasteiger partial charge in [-0.25, -0.2) is 0 Å². The lowest BCUT2D eigenvalue weighted by Gasteiger charge is -2.18. The minimum atomic E-state index is -0.208. The molecule has 2 N–H and O–H groups in total. The third-order valence-corrected chi connectivity index (χ3v) is 2.25. The molecule has 0 fully saturated rings.